The van der Waals surface area contributed by atoms with Crippen LogP contribution < -0.4 is 0 Å². The topological polar surface area (TPSA) is 60.9 Å². The molecular formula is C21H30N2O3. The molecule has 2 fully saturated rings. The van der Waals surface area contributed by atoms with E-state index in [1.807, 2.05) is 41.8 Å². The van der Waals surface area contributed by atoms with Gasteiger partial charge in [-0.2, -0.15) is 0 Å². The minimum Gasteiger partial charge on any atom is -0.392 e. The monoisotopic (exact) mass is 358 g/mol. The molecule has 0 unspecified atom stereocenters. The van der Waals surface area contributed by atoms with Crippen molar-refractivity contribution in [3.63, 3.8) is 0 Å². The first-order valence-electron chi connectivity index (χ1n) is 9.62. The zero-order valence-electron chi connectivity index (χ0n) is 16.1. The lowest BCUT2D eigenvalue weighted by Crippen LogP contribution is -2.53. The lowest BCUT2D eigenvalue weighted by molar-refractivity contribution is -0.140. The Labute approximate surface area is 156 Å². The number of hydrogen-bond acceptors (Lipinski definition) is 3. The molecule has 142 valence electrons. The Morgan fingerprint density at radius 1 is 1.23 bits per heavy atom. The van der Waals surface area contributed by atoms with Crippen molar-refractivity contribution in [2.24, 2.45) is 5.41 Å². The SMILES string of the molecule is Cc1ccc(C)c(C(=O)N2CCC3(CCC(=O)N(C[C@H](C)O)C3)CC2)c1. The molecule has 3 rings (SSSR count). The van der Waals surface area contributed by atoms with Crippen LogP contribution in [-0.4, -0.2) is 59.0 Å². The molecule has 0 saturated carbocycles. The third kappa shape index (κ3) is 3.93. The molecule has 0 radical (unpaired) electrons. The number of aliphatic hydroxyl groups is 1. The van der Waals surface area contributed by atoms with Gasteiger partial charge in [0.25, 0.3) is 5.91 Å². The maximum Gasteiger partial charge on any atom is 0.254 e. The molecule has 26 heavy (non-hydrogen) atoms. The highest BCUT2D eigenvalue weighted by Gasteiger charge is 2.42. The molecule has 2 aliphatic heterocycles. The summed E-state index contributed by atoms with van der Waals surface area (Å²) in [4.78, 5) is 28.8. The predicted octanol–water partition coefficient (Wildman–Crippen LogP) is 2.53. The van der Waals surface area contributed by atoms with Crippen LogP contribution in [0, 0.1) is 19.3 Å². The van der Waals surface area contributed by atoms with Gasteiger partial charge in [0.05, 0.1) is 6.10 Å². The number of nitrogens with zero attached hydrogens (tertiary/aromatic N) is 2. The standard InChI is InChI=1S/C21H30N2O3/c1-15-4-5-16(2)18(12-15)20(26)22-10-8-21(9-11-22)7-6-19(25)23(14-21)13-17(3)24/h4-5,12,17,24H,6-11,13-14H2,1-3H3/t17-/m0/s1. The zero-order valence-corrected chi connectivity index (χ0v) is 16.1. The zero-order chi connectivity index (χ0) is 18.9. The minimum absolute atomic E-state index is 0.0984. The summed E-state index contributed by atoms with van der Waals surface area (Å²) < 4.78 is 0. The fourth-order valence-electron chi connectivity index (χ4n) is 4.32. The molecule has 2 heterocycles. The second-order valence-electron chi connectivity index (χ2n) is 8.23. The van der Waals surface area contributed by atoms with Crippen molar-refractivity contribution in [3.8, 4) is 0 Å². The average Bonchev–Trinajstić information content (AvgIpc) is 2.60. The molecule has 2 amide bonds. The minimum atomic E-state index is -0.500. The molecule has 1 aromatic rings. The summed E-state index contributed by atoms with van der Waals surface area (Å²) in [5.41, 5.74) is 3.02. The van der Waals surface area contributed by atoms with Crippen molar-refractivity contribution in [1.82, 2.24) is 9.80 Å². The van der Waals surface area contributed by atoms with Crippen LogP contribution in [-0.2, 0) is 4.79 Å². The van der Waals surface area contributed by atoms with Crippen LogP contribution in [0.5, 0.6) is 0 Å². The summed E-state index contributed by atoms with van der Waals surface area (Å²) in [5, 5.41) is 9.65. The number of likely N-dealkylation sites (tertiary alicyclic amines) is 2. The molecule has 5 heteroatoms. The van der Waals surface area contributed by atoms with Gasteiger partial charge in [0, 0.05) is 38.2 Å². The van der Waals surface area contributed by atoms with Gasteiger partial charge in [-0.25, -0.2) is 0 Å². The summed E-state index contributed by atoms with van der Waals surface area (Å²) in [6.45, 7) is 8.32. The van der Waals surface area contributed by atoms with Crippen LogP contribution in [0.3, 0.4) is 0 Å². The highest BCUT2D eigenvalue weighted by molar-refractivity contribution is 5.96. The van der Waals surface area contributed by atoms with Crippen LogP contribution in [0.4, 0.5) is 0 Å². The molecule has 1 aromatic carbocycles. The van der Waals surface area contributed by atoms with Crippen LogP contribution in [0.1, 0.15) is 54.1 Å². The highest BCUT2D eigenvalue weighted by Crippen LogP contribution is 2.40. The number of carbonyl (C=O) groups excluding carboxylic acids is 2. The molecule has 1 N–H and O–H groups in total. The number of piperidine rings is 2. The quantitative estimate of drug-likeness (QED) is 0.903. The van der Waals surface area contributed by atoms with Gasteiger partial charge < -0.3 is 14.9 Å². The predicted molar refractivity (Wildman–Crippen MR) is 101 cm³/mol. The largest absolute Gasteiger partial charge is 0.392 e. The molecular weight excluding hydrogens is 328 g/mol. The van der Waals surface area contributed by atoms with Gasteiger partial charge in [-0.3, -0.25) is 9.59 Å². The lowest BCUT2D eigenvalue weighted by atomic mass is 9.72. The Kier molecular flexibility index (Phi) is 5.37. The average molecular weight is 358 g/mol. The normalized spacial score (nSPS) is 21.2. The van der Waals surface area contributed by atoms with E-state index < -0.39 is 6.10 Å². The first-order chi connectivity index (χ1) is 12.3. The van der Waals surface area contributed by atoms with Crippen molar-refractivity contribution < 1.29 is 14.7 Å². The van der Waals surface area contributed by atoms with Crippen molar-refractivity contribution >= 4 is 11.8 Å². The Morgan fingerprint density at radius 2 is 1.92 bits per heavy atom. The first-order valence-corrected chi connectivity index (χ1v) is 9.62. The highest BCUT2D eigenvalue weighted by atomic mass is 16.3. The van der Waals surface area contributed by atoms with E-state index in [-0.39, 0.29) is 17.2 Å². The summed E-state index contributed by atoms with van der Waals surface area (Å²) in [7, 11) is 0. The van der Waals surface area contributed by atoms with E-state index in [0.717, 1.165) is 49.0 Å². The maximum absolute atomic E-state index is 12.9. The lowest BCUT2D eigenvalue weighted by Gasteiger charge is -2.47. The summed E-state index contributed by atoms with van der Waals surface area (Å²) >= 11 is 0. The Hall–Kier alpha value is -1.88. The second kappa shape index (κ2) is 7.39. The number of rotatable bonds is 3. The van der Waals surface area contributed by atoms with E-state index in [1.165, 1.54) is 0 Å². The molecule has 0 aromatic heterocycles. The summed E-state index contributed by atoms with van der Waals surface area (Å²) in [6, 6.07) is 6.02. The molecule has 1 atom stereocenters. The molecule has 2 saturated heterocycles. The van der Waals surface area contributed by atoms with E-state index in [4.69, 9.17) is 0 Å². The fourth-order valence-corrected chi connectivity index (χ4v) is 4.32. The van der Waals surface area contributed by atoms with Gasteiger partial charge in [0.2, 0.25) is 5.91 Å². The molecule has 0 bridgehead atoms. The first kappa shape index (κ1) is 18.9. The van der Waals surface area contributed by atoms with E-state index in [1.54, 1.807) is 6.92 Å². The van der Waals surface area contributed by atoms with Gasteiger partial charge in [-0.1, -0.05) is 17.7 Å². The Morgan fingerprint density at radius 3 is 2.58 bits per heavy atom. The van der Waals surface area contributed by atoms with Crippen LogP contribution in [0.15, 0.2) is 18.2 Å². The number of aliphatic hydroxyl groups excluding tert-OH is 1. The Bertz CT molecular complexity index is 690. The van der Waals surface area contributed by atoms with Crippen molar-refractivity contribution in [1.29, 1.82) is 0 Å². The number of aryl methyl sites for hydroxylation is 2. The smallest absolute Gasteiger partial charge is 0.254 e. The van der Waals surface area contributed by atoms with Crippen LogP contribution in [0.2, 0.25) is 0 Å². The molecule has 1 spiro atoms. The maximum atomic E-state index is 12.9. The van der Waals surface area contributed by atoms with Crippen molar-refractivity contribution in [2.75, 3.05) is 26.2 Å². The summed E-state index contributed by atoms with van der Waals surface area (Å²) in [6.07, 6.45) is 2.80. The number of hydrogen-bond donors (Lipinski definition) is 1. The molecule has 0 aliphatic carbocycles. The van der Waals surface area contributed by atoms with Gasteiger partial charge in [-0.15, -0.1) is 0 Å². The van der Waals surface area contributed by atoms with Gasteiger partial charge in [0.1, 0.15) is 0 Å². The van der Waals surface area contributed by atoms with Crippen LogP contribution in [0.25, 0.3) is 0 Å². The molecule has 2 aliphatic rings. The number of benzene rings is 1. The van der Waals surface area contributed by atoms with E-state index in [0.29, 0.717) is 19.5 Å². The van der Waals surface area contributed by atoms with Gasteiger partial charge in [0.15, 0.2) is 0 Å². The van der Waals surface area contributed by atoms with E-state index >= 15 is 0 Å². The third-order valence-corrected chi connectivity index (χ3v) is 5.97. The van der Waals surface area contributed by atoms with E-state index in [2.05, 4.69) is 0 Å². The number of carbonyl (C=O) groups is 2. The van der Waals surface area contributed by atoms with Crippen molar-refractivity contribution in [2.45, 2.75) is 52.6 Å². The number of amides is 2. The van der Waals surface area contributed by atoms with Gasteiger partial charge in [-0.05, 0) is 57.1 Å². The second-order valence-corrected chi connectivity index (χ2v) is 8.23. The van der Waals surface area contributed by atoms with Crippen LogP contribution >= 0.6 is 0 Å². The fraction of sp³-hybridized carbons (Fsp3) is 0.619. The Balaban J connectivity index is 1.66. The number of β-amino-alcohol motifs (C(OH)–C–C–N with tert-alkyl or cyclic N) is 1. The molecule has 5 nitrogen and oxygen atoms in total. The van der Waals surface area contributed by atoms with E-state index in [9.17, 15) is 14.7 Å². The van der Waals surface area contributed by atoms with Crippen molar-refractivity contribution in [3.05, 3.63) is 34.9 Å². The third-order valence-electron chi connectivity index (χ3n) is 5.97. The van der Waals surface area contributed by atoms with Gasteiger partial charge >= 0.3 is 0 Å². The summed E-state index contributed by atoms with van der Waals surface area (Å²) in [5.74, 6) is 0.263.